The number of phenolic OH excluding ortho intramolecular Hbond substituents is 1. The predicted molar refractivity (Wildman–Crippen MR) is 81.1 cm³/mol. The third kappa shape index (κ3) is 2.75. The Morgan fingerprint density at radius 3 is 2.62 bits per heavy atom. The summed E-state index contributed by atoms with van der Waals surface area (Å²) in [6, 6.07) is 12.4. The Labute approximate surface area is 129 Å². The number of benzene rings is 2. The van der Waals surface area contributed by atoms with Crippen LogP contribution in [0.5, 0.6) is 11.5 Å². The molecule has 0 atom stereocenters. The van der Waals surface area contributed by atoms with Crippen LogP contribution in [-0.2, 0) is 0 Å². The van der Waals surface area contributed by atoms with Crippen LogP contribution < -0.4 is 4.74 Å². The van der Waals surface area contributed by atoms with E-state index in [-0.39, 0.29) is 11.6 Å². The van der Waals surface area contributed by atoms with Gasteiger partial charge in [0.05, 0.1) is 12.7 Å². The van der Waals surface area contributed by atoms with Crippen LogP contribution in [0, 0.1) is 0 Å². The lowest BCUT2D eigenvalue weighted by molar-refractivity contribution is 0.414. The van der Waals surface area contributed by atoms with Crippen molar-refractivity contribution in [3.8, 4) is 34.3 Å². The summed E-state index contributed by atoms with van der Waals surface area (Å²) in [7, 11) is 1.61. The molecule has 0 aliphatic carbocycles. The molecular weight excluding hydrogens is 336 g/mol. The molecule has 0 amide bonds. The van der Waals surface area contributed by atoms with E-state index in [0.29, 0.717) is 11.4 Å². The van der Waals surface area contributed by atoms with Crippen LogP contribution in [0.15, 0.2) is 51.5 Å². The molecule has 1 N–H and O–H groups in total. The molecule has 1 aromatic heterocycles. The topological polar surface area (TPSA) is 68.4 Å². The molecule has 106 valence electrons. The SMILES string of the molecule is COc1ccc(-c2noc(-c3cc(Br)ccc3O)n2)cc1. The average molecular weight is 347 g/mol. The van der Waals surface area contributed by atoms with E-state index in [0.717, 1.165) is 15.8 Å². The van der Waals surface area contributed by atoms with Crippen molar-refractivity contribution in [2.75, 3.05) is 7.11 Å². The monoisotopic (exact) mass is 346 g/mol. The van der Waals surface area contributed by atoms with E-state index in [1.807, 2.05) is 24.3 Å². The third-order valence-corrected chi connectivity index (χ3v) is 3.46. The van der Waals surface area contributed by atoms with Gasteiger partial charge in [-0.25, -0.2) is 0 Å². The van der Waals surface area contributed by atoms with Crippen LogP contribution in [0.4, 0.5) is 0 Å². The molecule has 0 saturated heterocycles. The highest BCUT2D eigenvalue weighted by molar-refractivity contribution is 9.10. The Morgan fingerprint density at radius 1 is 1.14 bits per heavy atom. The average Bonchev–Trinajstić information content (AvgIpc) is 2.99. The van der Waals surface area contributed by atoms with Crippen molar-refractivity contribution in [1.82, 2.24) is 10.1 Å². The van der Waals surface area contributed by atoms with Crippen LogP contribution in [0.1, 0.15) is 0 Å². The van der Waals surface area contributed by atoms with Crippen LogP contribution in [0.25, 0.3) is 22.8 Å². The first-order valence-corrected chi connectivity index (χ1v) is 6.93. The van der Waals surface area contributed by atoms with Crippen molar-refractivity contribution in [3.05, 3.63) is 46.9 Å². The number of phenols is 1. The van der Waals surface area contributed by atoms with E-state index in [9.17, 15) is 5.11 Å². The summed E-state index contributed by atoms with van der Waals surface area (Å²) in [6.45, 7) is 0. The van der Waals surface area contributed by atoms with Crippen molar-refractivity contribution in [3.63, 3.8) is 0 Å². The normalized spacial score (nSPS) is 10.6. The Balaban J connectivity index is 1.97. The molecule has 0 fully saturated rings. The van der Waals surface area contributed by atoms with Gasteiger partial charge in [0, 0.05) is 10.0 Å². The Bertz CT molecular complexity index is 769. The van der Waals surface area contributed by atoms with Gasteiger partial charge < -0.3 is 14.4 Å². The number of nitrogens with zero attached hydrogens (tertiary/aromatic N) is 2. The Hall–Kier alpha value is -2.34. The summed E-state index contributed by atoms with van der Waals surface area (Å²) >= 11 is 3.35. The molecule has 0 spiro atoms. The van der Waals surface area contributed by atoms with Gasteiger partial charge in [0.15, 0.2) is 0 Å². The number of hydrogen-bond acceptors (Lipinski definition) is 5. The number of ether oxygens (including phenoxy) is 1. The fourth-order valence-electron chi connectivity index (χ4n) is 1.87. The number of methoxy groups -OCH3 is 1. The van der Waals surface area contributed by atoms with Crippen LogP contribution in [0.3, 0.4) is 0 Å². The van der Waals surface area contributed by atoms with Gasteiger partial charge in [0.25, 0.3) is 5.89 Å². The van der Waals surface area contributed by atoms with Gasteiger partial charge in [-0.05, 0) is 42.5 Å². The van der Waals surface area contributed by atoms with Gasteiger partial charge in [-0.2, -0.15) is 4.98 Å². The summed E-state index contributed by atoms with van der Waals surface area (Å²) in [6.07, 6.45) is 0. The molecule has 0 radical (unpaired) electrons. The molecule has 2 aromatic carbocycles. The molecule has 3 rings (SSSR count). The minimum atomic E-state index is 0.0862. The summed E-state index contributed by atoms with van der Waals surface area (Å²) < 4.78 is 11.1. The first-order valence-electron chi connectivity index (χ1n) is 6.14. The molecular formula is C15H11BrN2O3. The molecule has 5 nitrogen and oxygen atoms in total. The van der Waals surface area contributed by atoms with Gasteiger partial charge in [-0.1, -0.05) is 21.1 Å². The molecule has 0 bridgehead atoms. The van der Waals surface area contributed by atoms with E-state index in [4.69, 9.17) is 9.26 Å². The summed E-state index contributed by atoms with van der Waals surface area (Å²) in [5.41, 5.74) is 1.29. The lowest BCUT2D eigenvalue weighted by Crippen LogP contribution is -1.84. The number of aromatic nitrogens is 2. The largest absolute Gasteiger partial charge is 0.507 e. The molecule has 0 unspecified atom stereocenters. The summed E-state index contributed by atoms with van der Waals surface area (Å²) in [5, 5.41) is 13.8. The Kier molecular flexibility index (Phi) is 3.62. The second kappa shape index (κ2) is 5.57. The minimum Gasteiger partial charge on any atom is -0.507 e. The van der Waals surface area contributed by atoms with E-state index < -0.39 is 0 Å². The van der Waals surface area contributed by atoms with Gasteiger partial charge in [0.2, 0.25) is 5.82 Å². The summed E-state index contributed by atoms with van der Waals surface area (Å²) in [5.74, 6) is 1.56. The third-order valence-electron chi connectivity index (χ3n) is 2.96. The molecule has 0 aliphatic rings. The lowest BCUT2D eigenvalue weighted by Gasteiger charge is -2.00. The Morgan fingerprint density at radius 2 is 1.90 bits per heavy atom. The second-order valence-electron chi connectivity index (χ2n) is 4.31. The maximum atomic E-state index is 9.87. The highest BCUT2D eigenvalue weighted by atomic mass is 79.9. The molecule has 6 heteroatoms. The smallest absolute Gasteiger partial charge is 0.262 e. The van der Waals surface area contributed by atoms with E-state index in [1.165, 1.54) is 0 Å². The van der Waals surface area contributed by atoms with E-state index in [1.54, 1.807) is 25.3 Å². The molecule has 3 aromatic rings. The summed E-state index contributed by atoms with van der Waals surface area (Å²) in [4.78, 5) is 4.31. The number of hydrogen-bond donors (Lipinski definition) is 1. The maximum Gasteiger partial charge on any atom is 0.262 e. The molecule has 21 heavy (non-hydrogen) atoms. The van der Waals surface area contributed by atoms with Gasteiger partial charge >= 0.3 is 0 Å². The predicted octanol–water partition coefficient (Wildman–Crippen LogP) is 3.88. The minimum absolute atomic E-state index is 0.0862. The van der Waals surface area contributed by atoms with E-state index >= 15 is 0 Å². The van der Waals surface area contributed by atoms with Crippen molar-refractivity contribution in [1.29, 1.82) is 0 Å². The number of aromatic hydroxyl groups is 1. The zero-order chi connectivity index (χ0) is 14.8. The molecule has 0 aliphatic heterocycles. The zero-order valence-electron chi connectivity index (χ0n) is 11.1. The van der Waals surface area contributed by atoms with E-state index in [2.05, 4.69) is 26.1 Å². The standard InChI is InChI=1S/C15H11BrN2O3/c1-20-11-5-2-9(3-6-11)14-17-15(21-18-14)12-8-10(16)4-7-13(12)19/h2-8,19H,1H3. The fourth-order valence-corrected chi connectivity index (χ4v) is 2.23. The van der Waals surface area contributed by atoms with Gasteiger partial charge in [0.1, 0.15) is 11.5 Å². The van der Waals surface area contributed by atoms with Crippen LogP contribution in [-0.4, -0.2) is 22.4 Å². The number of halogens is 1. The number of rotatable bonds is 3. The van der Waals surface area contributed by atoms with Gasteiger partial charge in [-0.3, -0.25) is 0 Å². The highest BCUT2D eigenvalue weighted by Gasteiger charge is 2.14. The quantitative estimate of drug-likeness (QED) is 0.779. The second-order valence-corrected chi connectivity index (χ2v) is 5.23. The highest BCUT2D eigenvalue weighted by Crippen LogP contribution is 2.32. The van der Waals surface area contributed by atoms with Crippen molar-refractivity contribution < 1.29 is 14.4 Å². The fraction of sp³-hybridized carbons (Fsp3) is 0.0667. The van der Waals surface area contributed by atoms with Gasteiger partial charge in [-0.15, -0.1) is 0 Å². The first kappa shape index (κ1) is 13.6. The first-order chi connectivity index (χ1) is 10.2. The van der Waals surface area contributed by atoms with Crippen molar-refractivity contribution in [2.24, 2.45) is 0 Å². The van der Waals surface area contributed by atoms with Crippen molar-refractivity contribution >= 4 is 15.9 Å². The molecule has 0 saturated carbocycles. The van der Waals surface area contributed by atoms with Crippen LogP contribution >= 0.6 is 15.9 Å². The lowest BCUT2D eigenvalue weighted by atomic mass is 10.2. The molecule has 1 heterocycles. The maximum absolute atomic E-state index is 9.87. The van der Waals surface area contributed by atoms with Crippen LogP contribution in [0.2, 0.25) is 0 Å². The van der Waals surface area contributed by atoms with Crippen molar-refractivity contribution in [2.45, 2.75) is 0 Å². The zero-order valence-corrected chi connectivity index (χ0v) is 12.7.